The lowest BCUT2D eigenvalue weighted by Gasteiger charge is -2.22. The lowest BCUT2D eigenvalue weighted by atomic mass is 9.78. The van der Waals surface area contributed by atoms with E-state index in [9.17, 15) is 19.2 Å². The molecule has 2 aromatic rings. The van der Waals surface area contributed by atoms with E-state index in [1.807, 2.05) is 19.1 Å². The highest BCUT2D eigenvalue weighted by atomic mass is 79.9. The number of anilines is 1. The first-order valence-electron chi connectivity index (χ1n) is 9.97. The summed E-state index contributed by atoms with van der Waals surface area (Å²) in [5.74, 6) is -2.03. The number of carbonyl (C=O) groups excluding carboxylic acids is 4. The first kappa shape index (κ1) is 21.2. The minimum atomic E-state index is -0.650. The highest BCUT2D eigenvalue weighted by molar-refractivity contribution is 9.10. The van der Waals surface area contributed by atoms with E-state index in [1.54, 1.807) is 36.4 Å². The van der Waals surface area contributed by atoms with Crippen molar-refractivity contribution in [3.8, 4) is 0 Å². The van der Waals surface area contributed by atoms with Crippen molar-refractivity contribution < 1.29 is 23.9 Å². The van der Waals surface area contributed by atoms with Crippen molar-refractivity contribution in [2.75, 3.05) is 11.5 Å². The molecule has 1 fully saturated rings. The summed E-state index contributed by atoms with van der Waals surface area (Å²) in [7, 11) is 0. The number of ether oxygens (including phenoxy) is 1. The number of halogens is 1. The van der Waals surface area contributed by atoms with Gasteiger partial charge in [0.2, 0.25) is 11.8 Å². The topological polar surface area (TPSA) is 80.8 Å². The average Bonchev–Trinajstić information content (AvgIpc) is 3.03. The van der Waals surface area contributed by atoms with Crippen molar-refractivity contribution in [2.45, 2.75) is 13.3 Å². The van der Waals surface area contributed by atoms with E-state index in [1.165, 1.54) is 17.0 Å². The number of ketones is 1. The number of amides is 2. The third-order valence-electron chi connectivity index (χ3n) is 5.73. The van der Waals surface area contributed by atoms with Crippen LogP contribution in [-0.2, 0) is 14.3 Å². The van der Waals surface area contributed by atoms with E-state index in [4.69, 9.17) is 4.74 Å². The molecule has 2 aliphatic rings. The zero-order valence-corrected chi connectivity index (χ0v) is 18.4. The van der Waals surface area contributed by atoms with Crippen molar-refractivity contribution in [2.24, 2.45) is 17.8 Å². The molecule has 0 spiro atoms. The van der Waals surface area contributed by atoms with Crippen molar-refractivity contribution in [3.05, 3.63) is 76.3 Å². The zero-order valence-electron chi connectivity index (χ0n) is 16.8. The predicted octanol–water partition coefficient (Wildman–Crippen LogP) is 4.19. The van der Waals surface area contributed by atoms with Gasteiger partial charge in [-0.25, -0.2) is 4.79 Å². The van der Waals surface area contributed by atoms with E-state index < -0.39 is 5.97 Å². The smallest absolute Gasteiger partial charge is 0.338 e. The second-order valence-electron chi connectivity index (χ2n) is 7.72. The first-order chi connectivity index (χ1) is 14.9. The Bertz CT molecular complexity index is 1070. The first-order valence-corrected chi connectivity index (χ1v) is 10.8. The quantitative estimate of drug-likeness (QED) is 0.276. The number of hydrogen-bond donors (Lipinski definition) is 0. The van der Waals surface area contributed by atoms with Crippen LogP contribution in [0.1, 0.15) is 34.1 Å². The molecule has 0 N–H and O–H groups in total. The molecule has 7 heteroatoms. The van der Waals surface area contributed by atoms with E-state index in [-0.39, 0.29) is 47.5 Å². The van der Waals surface area contributed by atoms with Crippen molar-refractivity contribution >= 4 is 45.2 Å². The summed E-state index contributed by atoms with van der Waals surface area (Å²) in [6, 6.07) is 12.9. The van der Waals surface area contributed by atoms with Crippen LogP contribution in [0.25, 0.3) is 0 Å². The zero-order chi connectivity index (χ0) is 22.1. The normalized spacial score (nSPS) is 22.4. The lowest BCUT2D eigenvalue weighted by molar-refractivity contribution is -0.122. The molecule has 0 aromatic heterocycles. The van der Waals surface area contributed by atoms with Crippen molar-refractivity contribution in [3.63, 3.8) is 0 Å². The molecule has 0 bridgehead atoms. The number of Topliss-reactive ketones (excluding diaryl/α,β-unsaturated/α-hetero) is 1. The largest absolute Gasteiger partial charge is 0.454 e. The summed E-state index contributed by atoms with van der Waals surface area (Å²) in [5.41, 5.74) is 1.11. The van der Waals surface area contributed by atoms with Gasteiger partial charge in [0.05, 0.1) is 23.1 Å². The van der Waals surface area contributed by atoms with Gasteiger partial charge in [-0.15, -0.1) is 0 Å². The number of allylic oxidation sites excluding steroid dienone is 2. The molecule has 1 aliphatic heterocycles. The second-order valence-corrected chi connectivity index (χ2v) is 8.64. The Morgan fingerprint density at radius 1 is 1.00 bits per heavy atom. The van der Waals surface area contributed by atoms with Crippen LogP contribution in [0.5, 0.6) is 0 Å². The fourth-order valence-corrected chi connectivity index (χ4v) is 4.35. The molecule has 0 unspecified atom stereocenters. The number of fused-ring (bicyclic) bond motifs is 1. The van der Waals surface area contributed by atoms with Gasteiger partial charge in [-0.1, -0.05) is 47.1 Å². The molecule has 0 radical (unpaired) electrons. The minimum Gasteiger partial charge on any atom is -0.454 e. The Balaban J connectivity index is 1.41. The van der Waals surface area contributed by atoms with Gasteiger partial charge in [-0.3, -0.25) is 19.3 Å². The highest BCUT2D eigenvalue weighted by Crippen LogP contribution is 2.40. The Morgan fingerprint density at radius 3 is 2.29 bits per heavy atom. The molecule has 1 heterocycles. The van der Waals surface area contributed by atoms with Crippen LogP contribution >= 0.6 is 15.9 Å². The Labute approximate surface area is 188 Å². The number of nitrogens with zero attached hydrogens (tertiary/aromatic N) is 1. The number of imide groups is 1. The number of hydrogen-bond acceptors (Lipinski definition) is 5. The molecule has 3 atom stereocenters. The second kappa shape index (κ2) is 8.59. The van der Waals surface area contributed by atoms with Crippen LogP contribution in [0.15, 0.2) is 65.2 Å². The summed E-state index contributed by atoms with van der Waals surface area (Å²) in [4.78, 5) is 51.3. The van der Waals surface area contributed by atoms with Gasteiger partial charge < -0.3 is 4.74 Å². The van der Waals surface area contributed by atoms with Gasteiger partial charge in [0, 0.05) is 10.0 Å². The monoisotopic (exact) mass is 481 g/mol. The number of esters is 1. The summed E-state index contributed by atoms with van der Waals surface area (Å²) >= 11 is 3.30. The third kappa shape index (κ3) is 4.10. The molecule has 2 amide bonds. The van der Waals surface area contributed by atoms with Crippen molar-refractivity contribution in [1.82, 2.24) is 0 Å². The van der Waals surface area contributed by atoms with Crippen LogP contribution in [0, 0.1) is 17.8 Å². The lowest BCUT2D eigenvalue weighted by Crippen LogP contribution is -2.31. The molecule has 2 aromatic carbocycles. The third-order valence-corrected chi connectivity index (χ3v) is 6.26. The van der Waals surface area contributed by atoms with E-state index in [2.05, 4.69) is 15.9 Å². The van der Waals surface area contributed by atoms with Crippen LogP contribution in [0.3, 0.4) is 0 Å². The van der Waals surface area contributed by atoms with Gasteiger partial charge in [-0.05, 0) is 48.7 Å². The Hall–Kier alpha value is -3.06. The molecule has 4 rings (SSSR count). The summed E-state index contributed by atoms with van der Waals surface area (Å²) in [6.45, 7) is 1.57. The fraction of sp³-hybridized carbons (Fsp3) is 0.250. The maximum absolute atomic E-state index is 12.9. The van der Waals surface area contributed by atoms with Gasteiger partial charge in [-0.2, -0.15) is 0 Å². The molecule has 1 aliphatic carbocycles. The maximum atomic E-state index is 12.9. The van der Waals surface area contributed by atoms with Crippen LogP contribution in [-0.4, -0.2) is 30.2 Å². The maximum Gasteiger partial charge on any atom is 0.338 e. The van der Waals surface area contributed by atoms with Crippen LogP contribution in [0.2, 0.25) is 0 Å². The Morgan fingerprint density at radius 2 is 1.65 bits per heavy atom. The summed E-state index contributed by atoms with van der Waals surface area (Å²) in [5, 5.41) is 0. The molecular formula is C24H20BrNO5. The standard InChI is InChI=1S/C24H20BrNO5/c1-14-3-2-4-19-21(14)23(29)26(22(19)28)18-11-7-16(8-12-18)24(30)31-13-20(27)15-5-9-17(25)10-6-15/h2-3,5-12,14,19,21H,4,13H2,1H3/t14-,19-,21-/m1/s1. The van der Waals surface area contributed by atoms with E-state index in [0.29, 0.717) is 17.7 Å². The SMILES string of the molecule is C[C@@H]1C=CC[C@H]2C(=O)N(c3ccc(C(=O)OCC(=O)c4ccc(Br)cc4)cc3)C(=O)[C@H]12. The highest BCUT2D eigenvalue weighted by Gasteiger charge is 2.50. The van der Waals surface area contributed by atoms with E-state index in [0.717, 1.165) is 4.47 Å². The average molecular weight is 482 g/mol. The number of benzene rings is 2. The van der Waals surface area contributed by atoms with Gasteiger partial charge in [0.25, 0.3) is 0 Å². The fourth-order valence-electron chi connectivity index (χ4n) is 4.08. The minimum absolute atomic E-state index is 0.0118. The summed E-state index contributed by atoms with van der Waals surface area (Å²) in [6.07, 6.45) is 4.49. The summed E-state index contributed by atoms with van der Waals surface area (Å²) < 4.78 is 5.97. The van der Waals surface area contributed by atoms with Gasteiger partial charge in [0.1, 0.15) is 0 Å². The molecule has 1 saturated heterocycles. The molecular weight excluding hydrogens is 462 g/mol. The van der Waals surface area contributed by atoms with Gasteiger partial charge >= 0.3 is 5.97 Å². The number of rotatable bonds is 5. The van der Waals surface area contributed by atoms with E-state index >= 15 is 0 Å². The Kier molecular flexibility index (Phi) is 5.87. The number of carbonyl (C=O) groups is 4. The molecule has 6 nitrogen and oxygen atoms in total. The predicted molar refractivity (Wildman–Crippen MR) is 118 cm³/mol. The molecule has 158 valence electrons. The van der Waals surface area contributed by atoms with Gasteiger partial charge in [0.15, 0.2) is 12.4 Å². The van der Waals surface area contributed by atoms with Crippen LogP contribution < -0.4 is 4.90 Å². The van der Waals surface area contributed by atoms with Crippen LogP contribution in [0.4, 0.5) is 5.69 Å². The van der Waals surface area contributed by atoms with Crippen molar-refractivity contribution in [1.29, 1.82) is 0 Å². The molecule has 0 saturated carbocycles. The molecule has 31 heavy (non-hydrogen) atoms.